The van der Waals surface area contributed by atoms with Gasteiger partial charge in [0.1, 0.15) is 0 Å². The van der Waals surface area contributed by atoms with E-state index in [4.69, 9.17) is 16.7 Å². The largest absolute Gasteiger partial charge is 0.481 e. The first-order chi connectivity index (χ1) is 9.06. The van der Waals surface area contributed by atoms with Gasteiger partial charge in [0.25, 0.3) is 0 Å². The summed E-state index contributed by atoms with van der Waals surface area (Å²) in [4.78, 5) is 18.2. The number of fused-ring (bicyclic) bond motifs is 3. The van der Waals surface area contributed by atoms with Crippen molar-refractivity contribution in [1.29, 1.82) is 0 Å². The molecule has 1 aromatic carbocycles. The maximum absolute atomic E-state index is 10.6. The molecule has 0 aliphatic carbocycles. The number of imidazole rings is 2. The van der Waals surface area contributed by atoms with E-state index in [1.807, 2.05) is 29.7 Å². The molecule has 0 bridgehead atoms. The average molecular weight is 278 g/mol. The lowest BCUT2D eigenvalue weighted by molar-refractivity contribution is -0.136. The van der Waals surface area contributed by atoms with Crippen LogP contribution in [0.15, 0.2) is 18.3 Å². The number of carbonyl (C=O) groups is 1. The SMILES string of the molecule is Cc1c(Cl)ccc2c1nc1[nH]c(CCC(=O)O)cn12. The molecule has 0 atom stereocenters. The van der Waals surface area contributed by atoms with Crippen molar-refractivity contribution in [2.24, 2.45) is 0 Å². The molecule has 3 aromatic rings. The number of nitrogens with one attached hydrogen (secondary N) is 1. The van der Waals surface area contributed by atoms with Crippen LogP contribution in [0.5, 0.6) is 0 Å². The molecule has 5 nitrogen and oxygen atoms in total. The Kier molecular flexibility index (Phi) is 2.71. The fourth-order valence-electron chi connectivity index (χ4n) is 2.19. The second-order valence-electron chi connectivity index (χ2n) is 4.52. The van der Waals surface area contributed by atoms with Crippen molar-refractivity contribution < 1.29 is 9.90 Å². The molecule has 0 saturated carbocycles. The maximum Gasteiger partial charge on any atom is 0.303 e. The molecule has 0 radical (unpaired) electrons. The molecule has 0 aliphatic rings. The Morgan fingerprint density at radius 2 is 2.32 bits per heavy atom. The van der Waals surface area contributed by atoms with Crippen LogP contribution in [0.3, 0.4) is 0 Å². The third kappa shape index (κ3) is 1.96. The summed E-state index contributed by atoms with van der Waals surface area (Å²) in [5.74, 6) is -0.0968. The Hall–Kier alpha value is -2.01. The van der Waals surface area contributed by atoms with Gasteiger partial charge >= 0.3 is 5.97 Å². The first kappa shape index (κ1) is 12.0. The van der Waals surface area contributed by atoms with Crippen LogP contribution >= 0.6 is 11.6 Å². The summed E-state index contributed by atoms with van der Waals surface area (Å²) in [6.07, 6.45) is 2.46. The summed E-state index contributed by atoms with van der Waals surface area (Å²) in [7, 11) is 0. The summed E-state index contributed by atoms with van der Waals surface area (Å²) in [6.45, 7) is 1.93. The van der Waals surface area contributed by atoms with Gasteiger partial charge in [0, 0.05) is 16.9 Å². The van der Waals surface area contributed by atoms with Crippen LogP contribution in [0.25, 0.3) is 16.8 Å². The number of rotatable bonds is 3. The first-order valence-corrected chi connectivity index (χ1v) is 6.30. The highest BCUT2D eigenvalue weighted by atomic mass is 35.5. The predicted octanol–water partition coefficient (Wildman–Crippen LogP) is 2.79. The summed E-state index contributed by atoms with van der Waals surface area (Å²) in [6, 6.07) is 3.76. The molecule has 2 heterocycles. The zero-order valence-electron chi connectivity index (χ0n) is 10.3. The van der Waals surface area contributed by atoms with E-state index in [1.54, 1.807) is 0 Å². The van der Waals surface area contributed by atoms with Crippen LogP contribution in [0, 0.1) is 6.92 Å². The number of hydrogen-bond donors (Lipinski definition) is 2. The quantitative estimate of drug-likeness (QED) is 0.773. The molecule has 0 saturated heterocycles. The van der Waals surface area contributed by atoms with E-state index in [2.05, 4.69) is 9.97 Å². The summed E-state index contributed by atoms with van der Waals surface area (Å²) >= 11 is 6.07. The average Bonchev–Trinajstić information content (AvgIpc) is 2.89. The highest BCUT2D eigenvalue weighted by Gasteiger charge is 2.12. The van der Waals surface area contributed by atoms with Gasteiger partial charge < -0.3 is 10.1 Å². The monoisotopic (exact) mass is 277 g/mol. The van der Waals surface area contributed by atoms with Gasteiger partial charge in [0.2, 0.25) is 5.78 Å². The Morgan fingerprint density at radius 1 is 1.53 bits per heavy atom. The Bertz CT molecular complexity index is 788. The molecule has 0 spiro atoms. The number of halogens is 1. The number of carboxylic acids is 1. The smallest absolute Gasteiger partial charge is 0.303 e. The van der Waals surface area contributed by atoms with Crippen molar-refractivity contribution >= 4 is 34.4 Å². The van der Waals surface area contributed by atoms with Gasteiger partial charge in [-0.3, -0.25) is 9.20 Å². The van der Waals surface area contributed by atoms with Crippen LogP contribution in [0.2, 0.25) is 5.02 Å². The minimum atomic E-state index is -0.806. The highest BCUT2D eigenvalue weighted by molar-refractivity contribution is 6.32. The molecule has 2 N–H and O–H groups in total. The topological polar surface area (TPSA) is 70.4 Å². The lowest BCUT2D eigenvalue weighted by atomic mass is 10.2. The number of aromatic amines is 1. The van der Waals surface area contributed by atoms with Crippen LogP contribution in [0.4, 0.5) is 0 Å². The van der Waals surface area contributed by atoms with E-state index >= 15 is 0 Å². The summed E-state index contributed by atoms with van der Waals surface area (Å²) in [5, 5.41) is 9.38. The second-order valence-corrected chi connectivity index (χ2v) is 4.93. The zero-order valence-corrected chi connectivity index (χ0v) is 11.0. The molecular weight excluding hydrogens is 266 g/mol. The molecule has 6 heteroatoms. The van der Waals surface area contributed by atoms with Gasteiger partial charge in [-0.1, -0.05) is 11.6 Å². The number of benzene rings is 1. The Labute approximate surface area is 113 Å². The van der Waals surface area contributed by atoms with Gasteiger partial charge in [-0.15, -0.1) is 0 Å². The molecule has 3 rings (SSSR count). The Morgan fingerprint density at radius 3 is 3.05 bits per heavy atom. The van der Waals surface area contributed by atoms with Crippen LogP contribution in [-0.4, -0.2) is 25.4 Å². The van der Waals surface area contributed by atoms with E-state index in [9.17, 15) is 4.79 Å². The summed E-state index contributed by atoms with van der Waals surface area (Å²) in [5.41, 5.74) is 3.64. The molecular formula is C13H12ClN3O2. The first-order valence-electron chi connectivity index (χ1n) is 5.93. The number of carboxylic acid groups (broad SMARTS) is 1. The van der Waals surface area contributed by atoms with E-state index < -0.39 is 5.97 Å². The maximum atomic E-state index is 10.6. The van der Waals surface area contributed by atoms with E-state index in [0.717, 1.165) is 22.3 Å². The van der Waals surface area contributed by atoms with E-state index in [-0.39, 0.29) is 6.42 Å². The van der Waals surface area contributed by atoms with Crippen LogP contribution in [0.1, 0.15) is 17.7 Å². The molecule has 0 fully saturated rings. The Balaban J connectivity index is 2.10. The normalized spacial score (nSPS) is 11.5. The zero-order chi connectivity index (χ0) is 13.6. The lowest BCUT2D eigenvalue weighted by Crippen LogP contribution is -1.97. The van der Waals surface area contributed by atoms with E-state index in [1.165, 1.54) is 0 Å². The summed E-state index contributed by atoms with van der Waals surface area (Å²) < 4.78 is 1.93. The van der Waals surface area contributed by atoms with Crippen LogP contribution < -0.4 is 0 Å². The fraction of sp³-hybridized carbons (Fsp3) is 0.231. The molecule has 2 aromatic heterocycles. The number of aryl methyl sites for hydroxylation is 2. The van der Waals surface area contributed by atoms with Crippen molar-refractivity contribution in [1.82, 2.24) is 14.4 Å². The minimum Gasteiger partial charge on any atom is -0.481 e. The highest BCUT2D eigenvalue weighted by Crippen LogP contribution is 2.26. The van der Waals surface area contributed by atoms with Crippen molar-refractivity contribution in [3.63, 3.8) is 0 Å². The lowest BCUT2D eigenvalue weighted by Gasteiger charge is -1.98. The molecule has 98 valence electrons. The third-order valence-corrected chi connectivity index (χ3v) is 3.62. The predicted molar refractivity (Wildman–Crippen MR) is 72.8 cm³/mol. The van der Waals surface area contributed by atoms with Gasteiger partial charge in [0.05, 0.1) is 17.5 Å². The van der Waals surface area contributed by atoms with Gasteiger partial charge in [-0.05, 0) is 31.0 Å². The number of aliphatic carboxylic acids is 1. The number of H-pyrrole nitrogens is 1. The van der Waals surface area contributed by atoms with Crippen molar-refractivity contribution in [3.05, 3.63) is 34.6 Å². The molecule has 0 unspecified atom stereocenters. The van der Waals surface area contributed by atoms with Gasteiger partial charge in [-0.2, -0.15) is 0 Å². The van der Waals surface area contributed by atoms with E-state index in [0.29, 0.717) is 17.2 Å². The van der Waals surface area contributed by atoms with Gasteiger partial charge in [0.15, 0.2) is 0 Å². The minimum absolute atomic E-state index is 0.104. The fourth-order valence-corrected chi connectivity index (χ4v) is 2.34. The van der Waals surface area contributed by atoms with Crippen LogP contribution in [-0.2, 0) is 11.2 Å². The number of aromatic nitrogens is 3. The standard InChI is InChI=1S/C13H12ClN3O2/c1-7-9(14)3-4-10-12(7)16-13-15-8(6-17(10)13)2-5-11(18)19/h3-4,6H,2,5H2,1H3,(H,15,16)(H,18,19). The molecule has 0 aliphatic heterocycles. The van der Waals surface area contributed by atoms with Crippen molar-refractivity contribution in [3.8, 4) is 0 Å². The molecule has 19 heavy (non-hydrogen) atoms. The molecule has 0 amide bonds. The third-order valence-electron chi connectivity index (χ3n) is 3.21. The number of nitrogens with zero attached hydrogens (tertiary/aromatic N) is 2. The van der Waals surface area contributed by atoms with Crippen molar-refractivity contribution in [2.75, 3.05) is 0 Å². The second kappa shape index (κ2) is 4.28. The number of hydrogen-bond acceptors (Lipinski definition) is 2. The van der Waals surface area contributed by atoms with Crippen molar-refractivity contribution in [2.45, 2.75) is 19.8 Å². The van der Waals surface area contributed by atoms with Gasteiger partial charge in [-0.25, -0.2) is 4.98 Å².